The second-order valence-electron chi connectivity index (χ2n) is 11.0. The van der Waals surface area contributed by atoms with E-state index in [0.29, 0.717) is 0 Å². The Balaban J connectivity index is 1.43. The zero-order valence-electron chi connectivity index (χ0n) is 24.1. The summed E-state index contributed by atoms with van der Waals surface area (Å²) in [5, 5.41) is 3.46. The van der Waals surface area contributed by atoms with Crippen molar-refractivity contribution in [3.63, 3.8) is 0 Å². The van der Waals surface area contributed by atoms with Crippen LogP contribution in [-0.2, 0) is 0 Å². The van der Waals surface area contributed by atoms with Crippen LogP contribution in [0.25, 0.3) is 55.3 Å². The quantitative estimate of drug-likeness (QED) is 0.200. The highest BCUT2D eigenvalue weighted by atomic mass is 16.3. The molecule has 0 saturated heterocycles. The van der Waals surface area contributed by atoms with Crippen LogP contribution in [0, 0.1) is 0 Å². The lowest BCUT2D eigenvalue weighted by atomic mass is 9.96. The third-order valence-corrected chi connectivity index (χ3v) is 8.23. The summed E-state index contributed by atoms with van der Waals surface area (Å²) in [6, 6.07) is 62.2. The summed E-state index contributed by atoms with van der Waals surface area (Å²) in [7, 11) is 0. The van der Waals surface area contributed by atoms with Gasteiger partial charge in [-0.1, -0.05) is 127 Å². The summed E-state index contributed by atoms with van der Waals surface area (Å²) in [5.41, 5.74) is 9.81. The Bertz CT molecular complexity index is 2130. The van der Waals surface area contributed by atoms with Gasteiger partial charge in [0.25, 0.3) is 0 Å². The third-order valence-electron chi connectivity index (χ3n) is 8.23. The lowest BCUT2D eigenvalue weighted by Gasteiger charge is -2.29. The molecule has 44 heavy (non-hydrogen) atoms. The first-order valence-corrected chi connectivity index (χ1v) is 14.9. The molecule has 208 valence electrons. The molecule has 1 heterocycles. The van der Waals surface area contributed by atoms with Crippen molar-refractivity contribution >= 4 is 38.8 Å². The standard InChI is InChI=1S/C42H29NO/c1-3-14-30(15-4-1)34-26-35(31-16-5-2-6-17-31)28-36(27-34)43(39-24-13-20-32-18-7-9-21-37(32)39)40-23-11-10-22-38(40)42-29-33-19-8-12-25-41(33)44-42/h1-29H. The van der Waals surface area contributed by atoms with Crippen molar-refractivity contribution in [3.05, 3.63) is 176 Å². The van der Waals surface area contributed by atoms with E-state index < -0.39 is 0 Å². The van der Waals surface area contributed by atoms with E-state index >= 15 is 0 Å². The van der Waals surface area contributed by atoms with Crippen molar-refractivity contribution in [2.45, 2.75) is 0 Å². The Morgan fingerprint density at radius 3 is 1.68 bits per heavy atom. The van der Waals surface area contributed by atoms with Crippen LogP contribution >= 0.6 is 0 Å². The molecule has 8 aromatic rings. The van der Waals surface area contributed by atoms with Gasteiger partial charge in [0.1, 0.15) is 11.3 Å². The minimum absolute atomic E-state index is 0.842. The van der Waals surface area contributed by atoms with Crippen LogP contribution < -0.4 is 4.90 Å². The highest BCUT2D eigenvalue weighted by molar-refractivity contribution is 6.02. The fourth-order valence-corrected chi connectivity index (χ4v) is 6.14. The fraction of sp³-hybridized carbons (Fsp3) is 0. The van der Waals surface area contributed by atoms with E-state index in [0.717, 1.165) is 50.5 Å². The zero-order chi connectivity index (χ0) is 29.3. The molecule has 0 bridgehead atoms. The summed E-state index contributed by atoms with van der Waals surface area (Å²) in [5.74, 6) is 0.842. The van der Waals surface area contributed by atoms with Gasteiger partial charge in [-0.25, -0.2) is 0 Å². The van der Waals surface area contributed by atoms with Crippen molar-refractivity contribution in [2.24, 2.45) is 0 Å². The maximum atomic E-state index is 6.46. The molecule has 0 radical (unpaired) electrons. The highest BCUT2D eigenvalue weighted by Gasteiger charge is 2.22. The molecule has 2 heteroatoms. The van der Waals surface area contributed by atoms with Gasteiger partial charge in [0.15, 0.2) is 0 Å². The van der Waals surface area contributed by atoms with Crippen molar-refractivity contribution < 1.29 is 4.42 Å². The van der Waals surface area contributed by atoms with Crippen LogP contribution in [0.5, 0.6) is 0 Å². The maximum Gasteiger partial charge on any atom is 0.137 e. The number of fused-ring (bicyclic) bond motifs is 2. The number of hydrogen-bond donors (Lipinski definition) is 0. The summed E-state index contributed by atoms with van der Waals surface area (Å²) >= 11 is 0. The van der Waals surface area contributed by atoms with Crippen LogP contribution in [0.4, 0.5) is 17.1 Å². The van der Waals surface area contributed by atoms with Gasteiger partial charge in [-0.15, -0.1) is 0 Å². The molecule has 8 rings (SSSR count). The maximum absolute atomic E-state index is 6.46. The molecule has 0 saturated carbocycles. The Morgan fingerprint density at radius 1 is 0.386 bits per heavy atom. The Hall–Kier alpha value is -5.86. The van der Waals surface area contributed by atoms with E-state index in [2.05, 4.69) is 169 Å². The fourth-order valence-electron chi connectivity index (χ4n) is 6.14. The van der Waals surface area contributed by atoms with Crippen molar-refractivity contribution in [3.8, 4) is 33.6 Å². The van der Waals surface area contributed by atoms with E-state index in [1.54, 1.807) is 0 Å². The van der Waals surface area contributed by atoms with Crippen LogP contribution in [0.1, 0.15) is 0 Å². The van der Waals surface area contributed by atoms with Crippen molar-refractivity contribution in [2.75, 3.05) is 4.90 Å². The molecule has 7 aromatic carbocycles. The van der Waals surface area contributed by atoms with Crippen molar-refractivity contribution in [1.82, 2.24) is 0 Å². The predicted octanol–water partition coefficient (Wildman–Crippen LogP) is 12.1. The van der Waals surface area contributed by atoms with E-state index in [9.17, 15) is 0 Å². The van der Waals surface area contributed by atoms with E-state index in [-0.39, 0.29) is 0 Å². The summed E-state index contributed by atoms with van der Waals surface area (Å²) in [4.78, 5) is 2.39. The molecular formula is C42H29NO. The predicted molar refractivity (Wildman–Crippen MR) is 185 cm³/mol. The molecule has 0 unspecified atom stereocenters. The second kappa shape index (κ2) is 11.1. The Labute approximate surface area is 257 Å². The normalized spacial score (nSPS) is 11.2. The van der Waals surface area contributed by atoms with Gasteiger partial charge in [0.05, 0.1) is 11.4 Å². The SMILES string of the molecule is c1ccc(-c2cc(-c3ccccc3)cc(N(c3ccccc3-c3cc4ccccc4o3)c3cccc4ccccc34)c2)cc1. The lowest BCUT2D eigenvalue weighted by Crippen LogP contribution is -2.12. The number of rotatable bonds is 6. The number of nitrogens with zero attached hydrogens (tertiary/aromatic N) is 1. The minimum atomic E-state index is 0.842. The Kier molecular flexibility index (Phi) is 6.51. The minimum Gasteiger partial charge on any atom is -0.456 e. The van der Waals surface area contributed by atoms with Gasteiger partial charge in [-0.3, -0.25) is 0 Å². The molecule has 0 atom stereocenters. The molecule has 0 aliphatic heterocycles. The van der Waals surface area contributed by atoms with E-state index in [1.807, 2.05) is 12.1 Å². The molecule has 0 amide bonds. The first kappa shape index (κ1) is 25.8. The topological polar surface area (TPSA) is 16.4 Å². The molecule has 0 fully saturated rings. The molecule has 0 spiro atoms. The number of anilines is 3. The molecule has 0 aliphatic carbocycles. The van der Waals surface area contributed by atoms with Gasteiger partial charge in [-0.2, -0.15) is 0 Å². The zero-order valence-corrected chi connectivity index (χ0v) is 24.1. The molecule has 0 N–H and O–H groups in total. The van der Waals surface area contributed by atoms with Crippen molar-refractivity contribution in [1.29, 1.82) is 0 Å². The average molecular weight is 564 g/mol. The third kappa shape index (κ3) is 4.73. The summed E-state index contributed by atoms with van der Waals surface area (Å²) < 4.78 is 6.46. The highest BCUT2D eigenvalue weighted by Crippen LogP contribution is 2.46. The molecule has 1 aromatic heterocycles. The van der Waals surface area contributed by atoms with E-state index in [4.69, 9.17) is 4.42 Å². The number of furan rings is 1. The molecule has 0 aliphatic rings. The summed E-state index contributed by atoms with van der Waals surface area (Å²) in [6.45, 7) is 0. The van der Waals surface area contributed by atoms with Gasteiger partial charge < -0.3 is 9.32 Å². The largest absolute Gasteiger partial charge is 0.456 e. The van der Waals surface area contributed by atoms with Gasteiger partial charge in [-0.05, 0) is 76.2 Å². The number of hydrogen-bond acceptors (Lipinski definition) is 2. The molecule has 2 nitrogen and oxygen atoms in total. The van der Waals surface area contributed by atoms with Gasteiger partial charge >= 0.3 is 0 Å². The van der Waals surface area contributed by atoms with Crippen LogP contribution in [-0.4, -0.2) is 0 Å². The van der Waals surface area contributed by atoms with Crippen LogP contribution in [0.2, 0.25) is 0 Å². The lowest BCUT2D eigenvalue weighted by molar-refractivity contribution is 0.631. The first-order valence-electron chi connectivity index (χ1n) is 14.9. The van der Waals surface area contributed by atoms with Crippen LogP contribution in [0.3, 0.4) is 0 Å². The number of benzene rings is 7. The smallest absolute Gasteiger partial charge is 0.137 e. The Morgan fingerprint density at radius 2 is 0.955 bits per heavy atom. The van der Waals surface area contributed by atoms with E-state index in [1.165, 1.54) is 21.9 Å². The first-order chi connectivity index (χ1) is 21.8. The summed E-state index contributed by atoms with van der Waals surface area (Å²) in [6.07, 6.45) is 0. The monoisotopic (exact) mass is 563 g/mol. The second-order valence-corrected chi connectivity index (χ2v) is 11.0. The number of para-hydroxylation sites is 2. The van der Waals surface area contributed by atoms with Crippen LogP contribution in [0.15, 0.2) is 180 Å². The molecular weight excluding hydrogens is 534 g/mol. The van der Waals surface area contributed by atoms with Gasteiger partial charge in [0, 0.05) is 22.0 Å². The average Bonchev–Trinajstić information content (AvgIpc) is 3.54. The van der Waals surface area contributed by atoms with Gasteiger partial charge in [0.2, 0.25) is 0 Å².